The SMILES string of the molecule is Cc1ccccc1NC(=O)NCCn1nc(-n2cncn2)ccc1=O. The van der Waals surface area contributed by atoms with Gasteiger partial charge in [-0.2, -0.15) is 5.10 Å². The van der Waals surface area contributed by atoms with E-state index in [1.165, 1.54) is 28.1 Å². The average Bonchev–Trinajstić information content (AvgIpc) is 3.13. The molecule has 3 rings (SSSR count). The largest absolute Gasteiger partial charge is 0.336 e. The minimum Gasteiger partial charge on any atom is -0.336 e. The van der Waals surface area contributed by atoms with Crippen molar-refractivity contribution in [1.82, 2.24) is 29.9 Å². The summed E-state index contributed by atoms with van der Waals surface area (Å²) in [6.45, 7) is 2.41. The van der Waals surface area contributed by atoms with Gasteiger partial charge in [0.2, 0.25) is 0 Å². The fourth-order valence-electron chi connectivity index (χ4n) is 2.20. The Hall–Kier alpha value is -3.49. The first kappa shape index (κ1) is 16.4. The van der Waals surface area contributed by atoms with Gasteiger partial charge in [-0.25, -0.2) is 19.1 Å². The maximum Gasteiger partial charge on any atom is 0.319 e. The Morgan fingerprint density at radius 1 is 1.20 bits per heavy atom. The van der Waals surface area contributed by atoms with Crippen LogP contribution in [-0.4, -0.2) is 37.1 Å². The lowest BCUT2D eigenvalue weighted by Crippen LogP contribution is -2.34. The summed E-state index contributed by atoms with van der Waals surface area (Å²) in [6, 6.07) is 10.1. The first-order valence-electron chi connectivity index (χ1n) is 7.67. The van der Waals surface area contributed by atoms with Crippen molar-refractivity contribution in [3.05, 3.63) is 65.0 Å². The lowest BCUT2D eigenvalue weighted by molar-refractivity contribution is 0.251. The molecule has 9 heteroatoms. The van der Waals surface area contributed by atoms with E-state index in [-0.39, 0.29) is 24.7 Å². The van der Waals surface area contributed by atoms with Gasteiger partial charge in [-0.3, -0.25) is 4.79 Å². The molecule has 3 aromatic rings. The van der Waals surface area contributed by atoms with Crippen molar-refractivity contribution in [3.8, 4) is 5.82 Å². The molecule has 0 saturated carbocycles. The van der Waals surface area contributed by atoms with E-state index in [4.69, 9.17) is 0 Å². The van der Waals surface area contributed by atoms with Crippen molar-refractivity contribution in [3.63, 3.8) is 0 Å². The van der Waals surface area contributed by atoms with E-state index in [0.29, 0.717) is 5.82 Å². The number of carbonyl (C=O) groups is 1. The number of nitrogens with zero attached hydrogens (tertiary/aromatic N) is 5. The molecule has 0 atom stereocenters. The molecule has 0 saturated heterocycles. The topological polar surface area (TPSA) is 107 Å². The zero-order chi connectivity index (χ0) is 17.6. The van der Waals surface area contributed by atoms with Crippen LogP contribution in [0.5, 0.6) is 0 Å². The zero-order valence-corrected chi connectivity index (χ0v) is 13.6. The van der Waals surface area contributed by atoms with Gasteiger partial charge in [0.05, 0.1) is 6.54 Å². The highest BCUT2D eigenvalue weighted by Crippen LogP contribution is 2.12. The molecule has 0 spiro atoms. The monoisotopic (exact) mass is 339 g/mol. The first-order valence-corrected chi connectivity index (χ1v) is 7.67. The van der Waals surface area contributed by atoms with Gasteiger partial charge in [-0.1, -0.05) is 18.2 Å². The number of hydrogen-bond acceptors (Lipinski definition) is 5. The van der Waals surface area contributed by atoms with Gasteiger partial charge < -0.3 is 10.6 Å². The Morgan fingerprint density at radius 3 is 2.80 bits per heavy atom. The molecule has 2 aromatic heterocycles. The Kier molecular flexibility index (Phi) is 4.84. The van der Waals surface area contributed by atoms with Crippen molar-refractivity contribution >= 4 is 11.7 Å². The highest BCUT2D eigenvalue weighted by molar-refractivity contribution is 5.89. The summed E-state index contributed by atoms with van der Waals surface area (Å²) in [5.74, 6) is 0.474. The summed E-state index contributed by atoms with van der Waals surface area (Å²) in [6.07, 6.45) is 2.87. The third-order valence-corrected chi connectivity index (χ3v) is 3.51. The summed E-state index contributed by atoms with van der Waals surface area (Å²) in [4.78, 5) is 27.7. The van der Waals surface area contributed by atoms with Crippen LogP contribution < -0.4 is 16.2 Å². The van der Waals surface area contributed by atoms with Crippen LogP contribution in [0, 0.1) is 6.92 Å². The molecule has 2 N–H and O–H groups in total. The number of rotatable bonds is 5. The van der Waals surface area contributed by atoms with Crippen molar-refractivity contribution in [2.45, 2.75) is 13.5 Å². The lowest BCUT2D eigenvalue weighted by Gasteiger charge is -2.10. The number of nitrogens with one attached hydrogen (secondary N) is 2. The number of para-hydroxylation sites is 1. The average molecular weight is 339 g/mol. The summed E-state index contributed by atoms with van der Waals surface area (Å²) in [5, 5.41) is 13.6. The molecule has 2 amide bonds. The molecule has 0 radical (unpaired) electrons. The summed E-state index contributed by atoms with van der Waals surface area (Å²) < 4.78 is 2.72. The number of benzene rings is 1. The van der Waals surface area contributed by atoms with Gasteiger partial charge in [0.25, 0.3) is 5.56 Å². The number of hydrogen-bond donors (Lipinski definition) is 2. The van der Waals surface area contributed by atoms with Crippen LogP contribution >= 0.6 is 0 Å². The third-order valence-electron chi connectivity index (χ3n) is 3.51. The van der Waals surface area contributed by atoms with Crippen LogP contribution in [0.1, 0.15) is 5.56 Å². The highest BCUT2D eigenvalue weighted by atomic mass is 16.2. The smallest absolute Gasteiger partial charge is 0.319 e. The number of aromatic nitrogens is 5. The van der Waals surface area contributed by atoms with E-state index in [1.807, 2.05) is 31.2 Å². The van der Waals surface area contributed by atoms with Gasteiger partial charge in [-0.05, 0) is 24.6 Å². The standard InChI is InChI=1S/C16H17N7O2/c1-12-4-2-3-5-13(12)20-16(25)18-8-9-22-15(24)7-6-14(21-22)23-11-17-10-19-23/h2-7,10-11H,8-9H2,1H3,(H2,18,20,25). The molecule has 0 unspecified atom stereocenters. The Labute approximate surface area is 143 Å². The predicted octanol–water partition coefficient (Wildman–Crippen LogP) is 0.954. The van der Waals surface area contributed by atoms with Crippen molar-refractivity contribution in [2.75, 3.05) is 11.9 Å². The van der Waals surface area contributed by atoms with Crippen LogP contribution in [0.15, 0.2) is 53.8 Å². The third kappa shape index (κ3) is 4.08. The van der Waals surface area contributed by atoms with Gasteiger partial charge in [0.15, 0.2) is 5.82 Å². The molecular weight excluding hydrogens is 322 g/mol. The fraction of sp³-hybridized carbons (Fsp3) is 0.188. The van der Waals surface area contributed by atoms with Gasteiger partial charge >= 0.3 is 6.03 Å². The Balaban J connectivity index is 1.58. The van der Waals surface area contributed by atoms with E-state index in [2.05, 4.69) is 25.8 Å². The number of carbonyl (C=O) groups excluding carboxylic acids is 1. The molecule has 0 bridgehead atoms. The summed E-state index contributed by atoms with van der Waals surface area (Å²) in [5.41, 5.74) is 1.45. The van der Waals surface area contributed by atoms with Crippen LogP contribution in [-0.2, 0) is 6.54 Å². The summed E-state index contributed by atoms with van der Waals surface area (Å²) in [7, 11) is 0. The van der Waals surface area contributed by atoms with Crippen LogP contribution in [0.25, 0.3) is 5.82 Å². The zero-order valence-electron chi connectivity index (χ0n) is 13.6. The Bertz CT molecular complexity index is 918. The fourth-order valence-corrected chi connectivity index (χ4v) is 2.20. The van der Waals surface area contributed by atoms with Gasteiger partial charge in [0, 0.05) is 18.3 Å². The second kappa shape index (κ2) is 7.39. The second-order valence-corrected chi connectivity index (χ2v) is 5.29. The lowest BCUT2D eigenvalue weighted by atomic mass is 10.2. The normalized spacial score (nSPS) is 10.4. The second-order valence-electron chi connectivity index (χ2n) is 5.29. The maximum absolute atomic E-state index is 11.9. The Morgan fingerprint density at radius 2 is 2.04 bits per heavy atom. The molecule has 0 aliphatic heterocycles. The number of anilines is 1. The molecule has 0 fully saturated rings. The van der Waals surface area contributed by atoms with Gasteiger partial charge in [0.1, 0.15) is 12.7 Å². The maximum atomic E-state index is 11.9. The molecule has 0 aliphatic rings. The van der Waals surface area contributed by atoms with E-state index in [0.717, 1.165) is 11.3 Å². The minimum atomic E-state index is -0.338. The van der Waals surface area contributed by atoms with E-state index < -0.39 is 0 Å². The van der Waals surface area contributed by atoms with Crippen LogP contribution in [0.3, 0.4) is 0 Å². The van der Waals surface area contributed by atoms with Crippen molar-refractivity contribution < 1.29 is 4.79 Å². The number of urea groups is 1. The highest BCUT2D eigenvalue weighted by Gasteiger charge is 2.06. The van der Waals surface area contributed by atoms with Crippen molar-refractivity contribution in [1.29, 1.82) is 0 Å². The van der Waals surface area contributed by atoms with E-state index in [9.17, 15) is 9.59 Å². The minimum absolute atomic E-state index is 0.239. The number of amides is 2. The quantitative estimate of drug-likeness (QED) is 0.720. The van der Waals surface area contributed by atoms with E-state index in [1.54, 1.807) is 6.07 Å². The van der Waals surface area contributed by atoms with Crippen LogP contribution in [0.2, 0.25) is 0 Å². The van der Waals surface area contributed by atoms with Crippen LogP contribution in [0.4, 0.5) is 10.5 Å². The number of aryl methyl sites for hydroxylation is 1. The molecule has 9 nitrogen and oxygen atoms in total. The molecule has 1 aromatic carbocycles. The summed E-state index contributed by atoms with van der Waals surface area (Å²) >= 11 is 0. The van der Waals surface area contributed by atoms with E-state index >= 15 is 0 Å². The molecule has 2 heterocycles. The molecule has 128 valence electrons. The van der Waals surface area contributed by atoms with Crippen molar-refractivity contribution in [2.24, 2.45) is 0 Å². The predicted molar refractivity (Wildman–Crippen MR) is 91.6 cm³/mol. The molecule has 25 heavy (non-hydrogen) atoms. The first-order chi connectivity index (χ1) is 12.1. The molecule has 0 aliphatic carbocycles. The van der Waals surface area contributed by atoms with Gasteiger partial charge in [-0.15, -0.1) is 5.10 Å². The molecular formula is C16H17N7O2.